The van der Waals surface area contributed by atoms with E-state index in [1.165, 1.54) is 0 Å². The lowest BCUT2D eigenvalue weighted by Crippen LogP contribution is -2.36. The van der Waals surface area contributed by atoms with Gasteiger partial charge in [0.05, 0.1) is 36.8 Å². The van der Waals surface area contributed by atoms with Gasteiger partial charge in [0.2, 0.25) is 5.91 Å². The third-order valence-corrected chi connectivity index (χ3v) is 4.28. The third-order valence-electron chi connectivity index (χ3n) is 4.28. The van der Waals surface area contributed by atoms with Gasteiger partial charge in [-0.3, -0.25) is 9.78 Å². The van der Waals surface area contributed by atoms with Crippen LogP contribution in [0.2, 0.25) is 0 Å². The molecular formula is C19H24N4O2. The van der Waals surface area contributed by atoms with Gasteiger partial charge in [0.25, 0.3) is 0 Å². The van der Waals surface area contributed by atoms with Crippen molar-refractivity contribution >= 4 is 17.3 Å². The molecule has 1 fully saturated rings. The number of amides is 1. The Hall–Kier alpha value is -2.60. The highest BCUT2D eigenvalue weighted by molar-refractivity contribution is 5.76. The Labute approximate surface area is 148 Å². The Morgan fingerprint density at radius 2 is 2.08 bits per heavy atom. The topological polar surface area (TPSA) is 80.5 Å². The zero-order valence-corrected chi connectivity index (χ0v) is 14.3. The molecule has 1 aromatic heterocycles. The number of pyridine rings is 1. The fourth-order valence-electron chi connectivity index (χ4n) is 2.89. The van der Waals surface area contributed by atoms with E-state index in [2.05, 4.69) is 15.2 Å². The van der Waals surface area contributed by atoms with Gasteiger partial charge in [-0.05, 0) is 36.2 Å². The number of carbonyl (C=O) groups is 1. The average molecular weight is 340 g/mol. The largest absolute Gasteiger partial charge is 0.397 e. The molecule has 2 heterocycles. The first kappa shape index (κ1) is 17.2. The Morgan fingerprint density at radius 1 is 1.24 bits per heavy atom. The summed E-state index contributed by atoms with van der Waals surface area (Å²) >= 11 is 0. The van der Waals surface area contributed by atoms with Crippen LogP contribution in [0.1, 0.15) is 17.7 Å². The van der Waals surface area contributed by atoms with Crippen molar-refractivity contribution in [1.29, 1.82) is 0 Å². The molecule has 25 heavy (non-hydrogen) atoms. The standard InChI is InChI=1S/C19H24N4O2/c20-17-13-15(4-6-18(17)23-9-11-25-12-10-23)5-7-19(24)22-14-16-3-1-2-8-21-16/h1-4,6,8,13H,5,7,9-12,14,20H2,(H,22,24). The molecule has 1 aromatic carbocycles. The molecule has 1 aliphatic heterocycles. The zero-order chi connectivity index (χ0) is 17.5. The number of hydrogen-bond donors (Lipinski definition) is 2. The maximum atomic E-state index is 12.0. The molecule has 6 heteroatoms. The van der Waals surface area contributed by atoms with E-state index in [0.717, 1.165) is 48.9 Å². The van der Waals surface area contributed by atoms with E-state index in [1.54, 1.807) is 6.20 Å². The van der Waals surface area contributed by atoms with Crippen molar-refractivity contribution in [2.45, 2.75) is 19.4 Å². The van der Waals surface area contributed by atoms with Crippen molar-refractivity contribution in [3.63, 3.8) is 0 Å². The first-order chi connectivity index (χ1) is 12.2. The van der Waals surface area contributed by atoms with Crippen molar-refractivity contribution in [3.05, 3.63) is 53.9 Å². The number of nitrogen functional groups attached to an aromatic ring is 1. The number of nitrogens with one attached hydrogen (secondary N) is 1. The fourth-order valence-corrected chi connectivity index (χ4v) is 2.89. The number of hydrogen-bond acceptors (Lipinski definition) is 5. The Kier molecular flexibility index (Phi) is 5.85. The summed E-state index contributed by atoms with van der Waals surface area (Å²) in [7, 11) is 0. The van der Waals surface area contributed by atoms with Crippen molar-refractivity contribution in [2.75, 3.05) is 36.9 Å². The van der Waals surface area contributed by atoms with Gasteiger partial charge in [-0.1, -0.05) is 12.1 Å². The van der Waals surface area contributed by atoms with E-state index in [9.17, 15) is 4.79 Å². The molecule has 0 saturated carbocycles. The number of ether oxygens (including phenoxy) is 1. The van der Waals surface area contributed by atoms with Gasteiger partial charge in [-0.2, -0.15) is 0 Å². The number of aryl methyl sites for hydroxylation is 1. The van der Waals surface area contributed by atoms with Crippen LogP contribution in [0.25, 0.3) is 0 Å². The van der Waals surface area contributed by atoms with E-state index < -0.39 is 0 Å². The molecule has 0 radical (unpaired) electrons. The summed E-state index contributed by atoms with van der Waals surface area (Å²) in [5, 5.41) is 2.89. The minimum atomic E-state index is 0.0153. The number of anilines is 2. The molecule has 0 bridgehead atoms. The molecule has 1 saturated heterocycles. The molecular weight excluding hydrogens is 316 g/mol. The fraction of sp³-hybridized carbons (Fsp3) is 0.368. The molecule has 0 aliphatic carbocycles. The van der Waals surface area contributed by atoms with Gasteiger partial charge < -0.3 is 20.7 Å². The van der Waals surface area contributed by atoms with Crippen molar-refractivity contribution in [2.24, 2.45) is 0 Å². The van der Waals surface area contributed by atoms with Crippen LogP contribution in [0, 0.1) is 0 Å². The summed E-state index contributed by atoms with van der Waals surface area (Å²) in [5.74, 6) is 0.0153. The van der Waals surface area contributed by atoms with Crippen molar-refractivity contribution in [3.8, 4) is 0 Å². The van der Waals surface area contributed by atoms with Crippen LogP contribution in [-0.4, -0.2) is 37.2 Å². The number of nitrogens with zero attached hydrogens (tertiary/aromatic N) is 2. The molecule has 0 atom stereocenters. The van der Waals surface area contributed by atoms with Crippen LogP contribution in [0.15, 0.2) is 42.6 Å². The lowest BCUT2D eigenvalue weighted by molar-refractivity contribution is -0.121. The first-order valence-electron chi connectivity index (χ1n) is 8.60. The normalized spacial score (nSPS) is 14.3. The molecule has 3 rings (SSSR count). The lowest BCUT2D eigenvalue weighted by atomic mass is 10.1. The number of benzene rings is 1. The monoisotopic (exact) mass is 340 g/mol. The van der Waals surface area contributed by atoms with Crippen LogP contribution in [0.4, 0.5) is 11.4 Å². The molecule has 3 N–H and O–H groups in total. The highest BCUT2D eigenvalue weighted by atomic mass is 16.5. The SMILES string of the molecule is Nc1cc(CCC(=O)NCc2ccccn2)ccc1N1CCOCC1. The molecule has 2 aromatic rings. The number of nitrogens with two attached hydrogens (primary N) is 1. The van der Waals surface area contributed by atoms with Gasteiger partial charge in [0, 0.05) is 25.7 Å². The number of aromatic nitrogens is 1. The Bertz CT molecular complexity index is 700. The smallest absolute Gasteiger partial charge is 0.220 e. The lowest BCUT2D eigenvalue weighted by Gasteiger charge is -2.30. The summed E-state index contributed by atoms with van der Waals surface area (Å²) in [6, 6.07) is 11.7. The van der Waals surface area contributed by atoms with Gasteiger partial charge >= 0.3 is 0 Å². The van der Waals surface area contributed by atoms with Crippen LogP contribution < -0.4 is 16.0 Å². The van der Waals surface area contributed by atoms with Crippen LogP contribution in [0.3, 0.4) is 0 Å². The second-order valence-electron chi connectivity index (χ2n) is 6.09. The van der Waals surface area contributed by atoms with Crippen LogP contribution in [-0.2, 0) is 22.5 Å². The van der Waals surface area contributed by atoms with E-state index in [0.29, 0.717) is 19.4 Å². The third kappa shape index (κ3) is 4.93. The van der Waals surface area contributed by atoms with Crippen molar-refractivity contribution < 1.29 is 9.53 Å². The molecule has 1 aliphatic rings. The maximum absolute atomic E-state index is 12.0. The van der Waals surface area contributed by atoms with E-state index >= 15 is 0 Å². The summed E-state index contributed by atoms with van der Waals surface area (Å²) in [6.45, 7) is 3.64. The minimum Gasteiger partial charge on any atom is -0.397 e. The quantitative estimate of drug-likeness (QED) is 0.783. The second-order valence-corrected chi connectivity index (χ2v) is 6.09. The van der Waals surface area contributed by atoms with Gasteiger partial charge in [-0.15, -0.1) is 0 Å². The summed E-state index contributed by atoms with van der Waals surface area (Å²) in [5.41, 5.74) is 9.94. The first-order valence-corrected chi connectivity index (χ1v) is 8.60. The summed E-state index contributed by atoms with van der Waals surface area (Å²) < 4.78 is 5.37. The van der Waals surface area contributed by atoms with Crippen molar-refractivity contribution in [1.82, 2.24) is 10.3 Å². The van der Waals surface area contributed by atoms with E-state index in [-0.39, 0.29) is 5.91 Å². The van der Waals surface area contributed by atoms with Crippen LogP contribution >= 0.6 is 0 Å². The van der Waals surface area contributed by atoms with Gasteiger partial charge in [0.1, 0.15) is 0 Å². The Balaban J connectivity index is 1.49. The predicted molar refractivity (Wildman–Crippen MR) is 98.3 cm³/mol. The highest BCUT2D eigenvalue weighted by Gasteiger charge is 2.14. The van der Waals surface area contributed by atoms with E-state index in [4.69, 9.17) is 10.5 Å². The number of morpholine rings is 1. The predicted octanol–water partition coefficient (Wildman–Crippen LogP) is 1.75. The molecule has 6 nitrogen and oxygen atoms in total. The number of carbonyl (C=O) groups excluding carboxylic acids is 1. The van der Waals surface area contributed by atoms with Crippen LogP contribution in [0.5, 0.6) is 0 Å². The summed E-state index contributed by atoms with van der Waals surface area (Å²) in [4.78, 5) is 18.4. The number of rotatable bonds is 6. The van der Waals surface area contributed by atoms with Gasteiger partial charge in [0.15, 0.2) is 0 Å². The molecule has 132 valence electrons. The second kappa shape index (κ2) is 8.48. The van der Waals surface area contributed by atoms with E-state index in [1.807, 2.05) is 36.4 Å². The zero-order valence-electron chi connectivity index (χ0n) is 14.3. The summed E-state index contributed by atoms with van der Waals surface area (Å²) in [6.07, 6.45) is 2.82. The Morgan fingerprint density at radius 3 is 2.80 bits per heavy atom. The van der Waals surface area contributed by atoms with Gasteiger partial charge in [-0.25, -0.2) is 0 Å². The molecule has 0 unspecified atom stereocenters. The minimum absolute atomic E-state index is 0.0153. The molecule has 0 spiro atoms. The average Bonchev–Trinajstić information content (AvgIpc) is 2.66. The maximum Gasteiger partial charge on any atom is 0.220 e. The molecule has 1 amide bonds. The highest BCUT2D eigenvalue weighted by Crippen LogP contribution is 2.25.